The van der Waals surface area contributed by atoms with Crippen LogP contribution in [0, 0.1) is 5.82 Å². The molecule has 0 saturated carbocycles. The monoisotopic (exact) mass is 257 g/mol. The van der Waals surface area contributed by atoms with E-state index in [1.54, 1.807) is 11.8 Å². The van der Waals surface area contributed by atoms with Crippen molar-refractivity contribution in [2.24, 2.45) is 0 Å². The number of nitrogens with one attached hydrogen (secondary N) is 1. The number of carbonyl (C=O) groups is 1. The van der Waals surface area contributed by atoms with E-state index in [0.29, 0.717) is 12.2 Å². The van der Waals surface area contributed by atoms with Crippen LogP contribution in [-0.2, 0) is 0 Å². The predicted molar refractivity (Wildman–Crippen MR) is 69.4 cm³/mol. The summed E-state index contributed by atoms with van der Waals surface area (Å²) in [5.41, 5.74) is 0.286. The van der Waals surface area contributed by atoms with Crippen molar-refractivity contribution in [3.63, 3.8) is 0 Å². The van der Waals surface area contributed by atoms with Gasteiger partial charge in [-0.2, -0.15) is 11.8 Å². The molecular formula is C12H16FNO2S. The Morgan fingerprint density at radius 2 is 2.18 bits per heavy atom. The number of carboxylic acid groups (broad SMARTS) is 1. The Labute approximate surface area is 104 Å². The summed E-state index contributed by atoms with van der Waals surface area (Å²) in [4.78, 5) is 10.6. The SMILES string of the molecule is CSC(C)(C)CNc1ccc(C(=O)O)cc1F. The van der Waals surface area contributed by atoms with Crippen LogP contribution < -0.4 is 5.32 Å². The summed E-state index contributed by atoms with van der Waals surface area (Å²) >= 11 is 1.68. The number of thioether (sulfide) groups is 1. The highest BCUT2D eigenvalue weighted by molar-refractivity contribution is 7.99. The van der Waals surface area contributed by atoms with E-state index in [2.05, 4.69) is 5.32 Å². The molecule has 17 heavy (non-hydrogen) atoms. The highest BCUT2D eigenvalue weighted by Gasteiger charge is 2.16. The second-order valence-electron chi connectivity index (χ2n) is 4.32. The number of hydrogen-bond donors (Lipinski definition) is 2. The van der Waals surface area contributed by atoms with E-state index in [0.717, 1.165) is 6.07 Å². The Bertz CT molecular complexity index is 421. The van der Waals surface area contributed by atoms with Crippen LogP contribution >= 0.6 is 11.8 Å². The molecule has 0 amide bonds. The molecule has 0 spiro atoms. The first-order chi connectivity index (χ1) is 7.85. The molecule has 0 aromatic heterocycles. The Hall–Kier alpha value is -1.23. The van der Waals surface area contributed by atoms with Gasteiger partial charge in [-0.3, -0.25) is 0 Å². The summed E-state index contributed by atoms with van der Waals surface area (Å²) in [6, 6.07) is 3.87. The topological polar surface area (TPSA) is 49.3 Å². The van der Waals surface area contributed by atoms with Crippen molar-refractivity contribution in [3.8, 4) is 0 Å². The lowest BCUT2D eigenvalue weighted by Gasteiger charge is -2.23. The van der Waals surface area contributed by atoms with Crippen LogP contribution in [0.15, 0.2) is 18.2 Å². The van der Waals surface area contributed by atoms with Crippen LogP contribution in [0.3, 0.4) is 0 Å². The third-order valence-corrected chi connectivity index (χ3v) is 3.72. The smallest absolute Gasteiger partial charge is 0.335 e. The highest BCUT2D eigenvalue weighted by Crippen LogP contribution is 2.23. The van der Waals surface area contributed by atoms with Gasteiger partial charge in [0, 0.05) is 11.3 Å². The second kappa shape index (κ2) is 5.40. The number of benzene rings is 1. The molecule has 3 nitrogen and oxygen atoms in total. The Morgan fingerprint density at radius 1 is 1.53 bits per heavy atom. The van der Waals surface area contributed by atoms with E-state index in [9.17, 15) is 9.18 Å². The number of hydrogen-bond acceptors (Lipinski definition) is 3. The summed E-state index contributed by atoms with van der Waals surface area (Å²) in [5, 5.41) is 11.7. The first-order valence-electron chi connectivity index (χ1n) is 5.17. The van der Waals surface area contributed by atoms with Crippen LogP contribution in [0.5, 0.6) is 0 Å². The van der Waals surface area contributed by atoms with Crippen molar-refractivity contribution in [2.45, 2.75) is 18.6 Å². The molecule has 0 atom stereocenters. The molecule has 0 aliphatic heterocycles. The quantitative estimate of drug-likeness (QED) is 0.851. The van der Waals surface area contributed by atoms with Crippen molar-refractivity contribution in [3.05, 3.63) is 29.6 Å². The standard InChI is InChI=1S/C12H16FNO2S/c1-12(2,17-3)7-14-10-5-4-8(11(15)16)6-9(10)13/h4-6,14H,7H2,1-3H3,(H,15,16). The molecule has 0 fully saturated rings. The second-order valence-corrected chi connectivity index (χ2v) is 5.83. The minimum Gasteiger partial charge on any atom is -0.478 e. The molecule has 94 valence electrons. The van der Waals surface area contributed by atoms with Crippen molar-refractivity contribution in [1.29, 1.82) is 0 Å². The molecule has 0 bridgehead atoms. The largest absolute Gasteiger partial charge is 0.478 e. The van der Waals surface area contributed by atoms with Gasteiger partial charge in [-0.05, 0) is 38.3 Å². The lowest BCUT2D eigenvalue weighted by molar-refractivity contribution is 0.0696. The van der Waals surface area contributed by atoms with Gasteiger partial charge in [0.25, 0.3) is 0 Å². The normalized spacial score (nSPS) is 11.3. The van der Waals surface area contributed by atoms with Crippen molar-refractivity contribution >= 4 is 23.4 Å². The van der Waals surface area contributed by atoms with Crippen LogP contribution in [0.1, 0.15) is 24.2 Å². The molecule has 0 saturated heterocycles. The average Bonchev–Trinajstić information content (AvgIpc) is 2.27. The van der Waals surface area contributed by atoms with E-state index >= 15 is 0 Å². The zero-order valence-corrected chi connectivity index (χ0v) is 10.9. The first kappa shape index (κ1) is 13.8. The third kappa shape index (κ3) is 3.93. The van der Waals surface area contributed by atoms with Gasteiger partial charge in [0.1, 0.15) is 5.82 Å². The summed E-state index contributed by atoms with van der Waals surface area (Å²) < 4.78 is 13.6. The van der Waals surface area contributed by atoms with Crippen LogP contribution in [0.2, 0.25) is 0 Å². The molecule has 2 N–H and O–H groups in total. The van der Waals surface area contributed by atoms with Crippen LogP contribution in [-0.4, -0.2) is 28.6 Å². The molecule has 5 heteroatoms. The number of carboxylic acids is 1. The van der Waals surface area contributed by atoms with Gasteiger partial charge in [0.2, 0.25) is 0 Å². The minimum absolute atomic E-state index is 0.00207. The fourth-order valence-corrected chi connectivity index (χ4v) is 1.39. The van der Waals surface area contributed by atoms with Crippen molar-refractivity contribution in [1.82, 2.24) is 0 Å². The summed E-state index contributed by atoms with van der Waals surface area (Å²) in [6.07, 6.45) is 1.99. The summed E-state index contributed by atoms with van der Waals surface area (Å²) in [5.74, 6) is -1.67. The van der Waals surface area contributed by atoms with Gasteiger partial charge < -0.3 is 10.4 Å². The van der Waals surface area contributed by atoms with Gasteiger partial charge >= 0.3 is 5.97 Å². The van der Waals surface area contributed by atoms with Crippen LogP contribution in [0.4, 0.5) is 10.1 Å². The fraction of sp³-hybridized carbons (Fsp3) is 0.417. The lowest BCUT2D eigenvalue weighted by Crippen LogP contribution is -2.26. The van der Waals surface area contributed by atoms with E-state index in [1.807, 2.05) is 20.1 Å². The zero-order chi connectivity index (χ0) is 13.1. The average molecular weight is 257 g/mol. The van der Waals surface area contributed by atoms with Gasteiger partial charge in [-0.25, -0.2) is 9.18 Å². The molecular weight excluding hydrogens is 241 g/mol. The van der Waals surface area contributed by atoms with E-state index in [1.165, 1.54) is 12.1 Å². The first-order valence-corrected chi connectivity index (χ1v) is 6.40. The summed E-state index contributed by atoms with van der Waals surface area (Å²) in [7, 11) is 0. The van der Waals surface area contributed by atoms with Gasteiger partial charge in [0.05, 0.1) is 11.3 Å². The number of anilines is 1. The van der Waals surface area contributed by atoms with Gasteiger partial charge in [0.15, 0.2) is 0 Å². The number of aromatic carboxylic acids is 1. The Kier molecular flexibility index (Phi) is 4.40. The van der Waals surface area contributed by atoms with E-state index in [-0.39, 0.29) is 10.3 Å². The minimum atomic E-state index is -1.13. The Morgan fingerprint density at radius 3 is 2.65 bits per heavy atom. The molecule has 0 heterocycles. The highest BCUT2D eigenvalue weighted by atomic mass is 32.2. The maximum atomic E-state index is 13.6. The third-order valence-electron chi connectivity index (χ3n) is 2.47. The van der Waals surface area contributed by atoms with Gasteiger partial charge in [-0.1, -0.05) is 0 Å². The lowest BCUT2D eigenvalue weighted by atomic mass is 10.1. The molecule has 0 unspecified atom stereocenters. The molecule has 0 radical (unpaired) electrons. The van der Waals surface area contributed by atoms with E-state index in [4.69, 9.17) is 5.11 Å². The molecule has 0 aliphatic rings. The zero-order valence-electron chi connectivity index (χ0n) is 10.1. The maximum absolute atomic E-state index is 13.6. The Balaban J connectivity index is 2.77. The number of rotatable bonds is 5. The van der Waals surface area contributed by atoms with Crippen molar-refractivity contribution in [2.75, 3.05) is 18.1 Å². The molecule has 1 aromatic carbocycles. The molecule has 1 rings (SSSR count). The maximum Gasteiger partial charge on any atom is 0.335 e. The molecule has 0 aliphatic carbocycles. The van der Waals surface area contributed by atoms with Crippen molar-refractivity contribution < 1.29 is 14.3 Å². The van der Waals surface area contributed by atoms with Gasteiger partial charge in [-0.15, -0.1) is 0 Å². The predicted octanol–water partition coefficient (Wildman–Crippen LogP) is 3.08. The summed E-state index contributed by atoms with van der Waals surface area (Å²) in [6.45, 7) is 4.71. The molecule has 1 aromatic rings. The van der Waals surface area contributed by atoms with E-state index < -0.39 is 11.8 Å². The van der Waals surface area contributed by atoms with Crippen LogP contribution in [0.25, 0.3) is 0 Å². The fourth-order valence-electron chi connectivity index (χ4n) is 1.17. The number of halogens is 1.